The first kappa shape index (κ1) is 14.2. The molecule has 0 saturated carbocycles. The van der Waals surface area contributed by atoms with Crippen LogP contribution in [-0.4, -0.2) is 16.2 Å². The van der Waals surface area contributed by atoms with E-state index in [2.05, 4.69) is 15.6 Å². The van der Waals surface area contributed by atoms with Gasteiger partial charge in [0.15, 0.2) is 0 Å². The first-order chi connectivity index (χ1) is 10.1. The maximum atomic E-state index is 6.09. The van der Waals surface area contributed by atoms with Crippen molar-refractivity contribution in [2.24, 2.45) is 0 Å². The lowest BCUT2D eigenvalue weighted by Crippen LogP contribution is -2.09. The minimum Gasteiger partial charge on any atom is -0.490 e. The average molecular weight is 321 g/mol. The number of hydrogen-bond donors (Lipinski definition) is 0. The molecule has 3 nitrogen and oxygen atoms in total. The maximum Gasteiger partial charge on any atom is 0.138 e. The van der Waals surface area contributed by atoms with Gasteiger partial charge in [-0.3, -0.25) is 0 Å². The van der Waals surface area contributed by atoms with Crippen molar-refractivity contribution in [1.82, 2.24) is 9.55 Å². The number of benzene rings is 2. The van der Waals surface area contributed by atoms with Gasteiger partial charge in [-0.25, -0.2) is 4.98 Å². The fourth-order valence-corrected chi connectivity index (χ4v) is 2.78. The Labute approximate surface area is 133 Å². The lowest BCUT2D eigenvalue weighted by atomic mass is 10.3. The van der Waals surface area contributed by atoms with Crippen molar-refractivity contribution in [3.8, 4) is 5.75 Å². The van der Waals surface area contributed by atoms with E-state index in [-0.39, 0.29) is 0 Å². The number of hydrogen-bond acceptors (Lipinski definition) is 2. The van der Waals surface area contributed by atoms with Gasteiger partial charge in [0.05, 0.1) is 22.6 Å². The van der Waals surface area contributed by atoms with Crippen molar-refractivity contribution in [2.75, 3.05) is 6.61 Å². The molecule has 1 aromatic heterocycles. The van der Waals surface area contributed by atoms with Crippen LogP contribution in [0.15, 0.2) is 42.5 Å². The number of para-hydroxylation sites is 2. The van der Waals surface area contributed by atoms with E-state index in [0.717, 1.165) is 16.9 Å². The molecule has 108 valence electrons. The molecule has 0 N–H and O–H groups in total. The lowest BCUT2D eigenvalue weighted by molar-refractivity contribution is 0.299. The number of ether oxygens (including phenoxy) is 1. The fourth-order valence-electron chi connectivity index (χ4n) is 2.32. The third-order valence-corrected chi connectivity index (χ3v) is 3.84. The molecule has 5 heteroatoms. The van der Waals surface area contributed by atoms with Gasteiger partial charge in [-0.2, -0.15) is 0 Å². The third-order valence-electron chi connectivity index (χ3n) is 3.31. The van der Waals surface area contributed by atoms with Crippen LogP contribution in [0.3, 0.4) is 0 Å². The molecule has 2 aromatic carbocycles. The molecule has 0 aliphatic carbocycles. The molecule has 0 aliphatic rings. The Bertz CT molecular complexity index is 783. The largest absolute Gasteiger partial charge is 0.490 e. The van der Waals surface area contributed by atoms with Gasteiger partial charge in [0.25, 0.3) is 0 Å². The van der Waals surface area contributed by atoms with E-state index in [0.29, 0.717) is 28.9 Å². The zero-order chi connectivity index (χ0) is 14.8. The van der Waals surface area contributed by atoms with Crippen molar-refractivity contribution in [3.63, 3.8) is 0 Å². The van der Waals surface area contributed by atoms with Gasteiger partial charge in [0.2, 0.25) is 0 Å². The summed E-state index contributed by atoms with van der Waals surface area (Å²) < 4.78 is 7.87. The zero-order valence-electron chi connectivity index (χ0n) is 11.5. The predicted octanol–water partition coefficient (Wildman–Crippen LogP) is 4.73. The Hall–Kier alpha value is -1.71. The Morgan fingerprint density at radius 3 is 2.76 bits per heavy atom. The van der Waals surface area contributed by atoms with Gasteiger partial charge in [0.1, 0.15) is 18.2 Å². The van der Waals surface area contributed by atoms with Gasteiger partial charge in [0, 0.05) is 5.02 Å². The summed E-state index contributed by atoms with van der Waals surface area (Å²) >= 11 is 12.0. The minimum atomic E-state index is 0.516. The molecule has 0 atom stereocenters. The Kier molecular flexibility index (Phi) is 4.04. The standard InChI is InChI=1S/C16H14Cl2N2O/c1-11-19-14-4-2-3-5-15(14)20(11)8-9-21-16-7-6-12(17)10-13(16)18/h2-7,10H,8-9H2,1H3. The second-order valence-electron chi connectivity index (χ2n) is 4.72. The molecule has 0 saturated heterocycles. The quantitative estimate of drug-likeness (QED) is 0.694. The highest BCUT2D eigenvalue weighted by Crippen LogP contribution is 2.27. The van der Waals surface area contributed by atoms with Crippen molar-refractivity contribution in [3.05, 3.63) is 58.3 Å². The van der Waals surface area contributed by atoms with Gasteiger partial charge in [-0.1, -0.05) is 35.3 Å². The smallest absolute Gasteiger partial charge is 0.138 e. The summed E-state index contributed by atoms with van der Waals surface area (Å²) in [4.78, 5) is 4.53. The number of halogens is 2. The molecule has 0 fully saturated rings. The van der Waals surface area contributed by atoms with E-state index in [1.807, 2.05) is 25.1 Å². The summed E-state index contributed by atoms with van der Waals surface area (Å²) in [6.07, 6.45) is 0. The highest BCUT2D eigenvalue weighted by Gasteiger charge is 2.07. The number of imidazole rings is 1. The number of fused-ring (bicyclic) bond motifs is 1. The van der Waals surface area contributed by atoms with Gasteiger partial charge in [-0.05, 0) is 37.3 Å². The maximum absolute atomic E-state index is 6.09. The first-order valence-electron chi connectivity index (χ1n) is 6.65. The van der Waals surface area contributed by atoms with Crippen LogP contribution >= 0.6 is 23.2 Å². The average Bonchev–Trinajstić information content (AvgIpc) is 2.77. The highest BCUT2D eigenvalue weighted by molar-refractivity contribution is 6.35. The predicted molar refractivity (Wildman–Crippen MR) is 86.4 cm³/mol. The molecular weight excluding hydrogens is 307 g/mol. The zero-order valence-corrected chi connectivity index (χ0v) is 13.0. The van der Waals surface area contributed by atoms with Gasteiger partial charge in [-0.15, -0.1) is 0 Å². The molecule has 3 rings (SSSR count). The normalized spacial score (nSPS) is 11.0. The van der Waals surface area contributed by atoms with Gasteiger partial charge >= 0.3 is 0 Å². The molecule has 0 radical (unpaired) electrons. The van der Waals surface area contributed by atoms with Gasteiger partial charge < -0.3 is 9.30 Å². The number of rotatable bonds is 4. The van der Waals surface area contributed by atoms with E-state index in [9.17, 15) is 0 Å². The van der Waals surface area contributed by atoms with Crippen molar-refractivity contribution in [2.45, 2.75) is 13.5 Å². The van der Waals surface area contributed by atoms with Crippen LogP contribution in [0.2, 0.25) is 10.0 Å². The monoisotopic (exact) mass is 320 g/mol. The summed E-state index contributed by atoms with van der Waals surface area (Å²) in [6, 6.07) is 13.3. The molecule has 0 spiro atoms. The van der Waals surface area contributed by atoms with E-state index < -0.39 is 0 Å². The van der Waals surface area contributed by atoms with Crippen LogP contribution < -0.4 is 4.74 Å². The summed E-state index contributed by atoms with van der Waals surface area (Å²) in [6.45, 7) is 3.23. The lowest BCUT2D eigenvalue weighted by Gasteiger charge is -2.10. The minimum absolute atomic E-state index is 0.516. The summed E-state index contributed by atoms with van der Waals surface area (Å²) in [5.74, 6) is 1.62. The van der Waals surface area contributed by atoms with Crippen LogP contribution in [0, 0.1) is 6.92 Å². The SMILES string of the molecule is Cc1nc2ccccc2n1CCOc1ccc(Cl)cc1Cl. The molecule has 0 unspecified atom stereocenters. The van der Waals surface area contributed by atoms with Crippen LogP contribution in [0.5, 0.6) is 5.75 Å². The number of aryl methyl sites for hydroxylation is 1. The molecule has 21 heavy (non-hydrogen) atoms. The molecule has 3 aromatic rings. The fraction of sp³-hybridized carbons (Fsp3) is 0.188. The Morgan fingerprint density at radius 1 is 1.14 bits per heavy atom. The molecule has 0 amide bonds. The number of aromatic nitrogens is 2. The molecule has 0 aliphatic heterocycles. The third kappa shape index (κ3) is 2.99. The van der Waals surface area contributed by atoms with E-state index in [1.165, 1.54) is 0 Å². The van der Waals surface area contributed by atoms with Crippen LogP contribution in [0.1, 0.15) is 5.82 Å². The Balaban J connectivity index is 1.73. The van der Waals surface area contributed by atoms with E-state index >= 15 is 0 Å². The van der Waals surface area contributed by atoms with Crippen molar-refractivity contribution < 1.29 is 4.74 Å². The summed E-state index contributed by atoms with van der Waals surface area (Å²) in [7, 11) is 0. The highest BCUT2D eigenvalue weighted by atomic mass is 35.5. The number of nitrogens with zero attached hydrogens (tertiary/aromatic N) is 2. The van der Waals surface area contributed by atoms with E-state index in [4.69, 9.17) is 27.9 Å². The second kappa shape index (κ2) is 5.96. The first-order valence-corrected chi connectivity index (χ1v) is 7.40. The van der Waals surface area contributed by atoms with Crippen LogP contribution in [-0.2, 0) is 6.54 Å². The topological polar surface area (TPSA) is 27.1 Å². The van der Waals surface area contributed by atoms with Crippen LogP contribution in [0.25, 0.3) is 11.0 Å². The molecule has 1 heterocycles. The molecule has 0 bridgehead atoms. The van der Waals surface area contributed by atoms with E-state index in [1.54, 1.807) is 18.2 Å². The summed E-state index contributed by atoms with van der Waals surface area (Å²) in [5, 5.41) is 1.12. The second-order valence-corrected chi connectivity index (χ2v) is 5.57. The van der Waals surface area contributed by atoms with Crippen molar-refractivity contribution >= 4 is 34.2 Å². The molecular formula is C16H14Cl2N2O. The summed E-state index contributed by atoms with van der Waals surface area (Å²) in [5.41, 5.74) is 2.11. The van der Waals surface area contributed by atoms with Crippen LogP contribution in [0.4, 0.5) is 0 Å². The van der Waals surface area contributed by atoms with Crippen molar-refractivity contribution in [1.29, 1.82) is 0 Å². The Morgan fingerprint density at radius 2 is 1.95 bits per heavy atom.